The molecule has 0 radical (unpaired) electrons. The lowest BCUT2D eigenvalue weighted by molar-refractivity contribution is 0.0944. The normalized spacial score (nSPS) is 14.2. The standard InChI is InChI=1S/C17H19BrN2O/c1-12-3-2-4-13(9-12)7-8-19-17(21)16-10-14(18)11-20(16)15-5-6-15/h2-4,9-11,15H,5-8H2,1H3,(H,19,21). The molecule has 0 spiro atoms. The van der Waals surface area contributed by atoms with Crippen molar-refractivity contribution < 1.29 is 4.79 Å². The van der Waals surface area contributed by atoms with Crippen molar-refractivity contribution in [2.75, 3.05) is 6.54 Å². The van der Waals surface area contributed by atoms with Crippen LogP contribution in [-0.4, -0.2) is 17.0 Å². The molecule has 0 bridgehead atoms. The van der Waals surface area contributed by atoms with Crippen LogP contribution in [0.1, 0.15) is 40.5 Å². The van der Waals surface area contributed by atoms with E-state index in [2.05, 4.69) is 57.0 Å². The summed E-state index contributed by atoms with van der Waals surface area (Å²) < 4.78 is 3.06. The number of benzene rings is 1. The van der Waals surface area contributed by atoms with Crippen LogP contribution in [0.5, 0.6) is 0 Å². The maximum atomic E-state index is 12.3. The van der Waals surface area contributed by atoms with Crippen molar-refractivity contribution in [1.82, 2.24) is 9.88 Å². The van der Waals surface area contributed by atoms with Gasteiger partial charge in [-0.05, 0) is 53.7 Å². The molecule has 3 nitrogen and oxygen atoms in total. The molecule has 110 valence electrons. The SMILES string of the molecule is Cc1cccc(CCNC(=O)c2cc(Br)cn2C2CC2)c1. The Bertz CT molecular complexity index is 659. The monoisotopic (exact) mass is 346 g/mol. The van der Waals surface area contributed by atoms with Crippen molar-refractivity contribution in [2.24, 2.45) is 0 Å². The molecule has 2 aromatic rings. The number of carbonyl (C=O) groups excluding carboxylic acids is 1. The van der Waals surface area contributed by atoms with E-state index < -0.39 is 0 Å². The first-order valence-electron chi connectivity index (χ1n) is 7.34. The minimum atomic E-state index is 0.0141. The molecule has 1 N–H and O–H groups in total. The number of nitrogens with zero attached hydrogens (tertiary/aromatic N) is 1. The zero-order valence-electron chi connectivity index (χ0n) is 12.1. The molecule has 0 unspecified atom stereocenters. The fraction of sp³-hybridized carbons (Fsp3) is 0.353. The van der Waals surface area contributed by atoms with E-state index in [1.54, 1.807) is 0 Å². The topological polar surface area (TPSA) is 34.0 Å². The van der Waals surface area contributed by atoms with E-state index >= 15 is 0 Å². The van der Waals surface area contributed by atoms with Crippen LogP contribution in [-0.2, 0) is 6.42 Å². The van der Waals surface area contributed by atoms with Crippen LogP contribution in [0.15, 0.2) is 41.0 Å². The Balaban J connectivity index is 1.59. The van der Waals surface area contributed by atoms with Gasteiger partial charge in [-0.15, -0.1) is 0 Å². The summed E-state index contributed by atoms with van der Waals surface area (Å²) in [6.07, 6.45) is 5.21. The van der Waals surface area contributed by atoms with E-state index in [0.29, 0.717) is 12.6 Å². The highest BCUT2D eigenvalue weighted by atomic mass is 79.9. The summed E-state index contributed by atoms with van der Waals surface area (Å²) in [5.74, 6) is 0.0141. The van der Waals surface area contributed by atoms with E-state index in [4.69, 9.17) is 0 Å². The molecule has 1 aromatic heterocycles. The molecule has 3 rings (SSSR count). The van der Waals surface area contributed by atoms with Gasteiger partial charge >= 0.3 is 0 Å². The van der Waals surface area contributed by atoms with Crippen molar-refractivity contribution in [3.05, 3.63) is 57.8 Å². The average Bonchev–Trinajstić information content (AvgIpc) is 3.21. The number of hydrogen-bond donors (Lipinski definition) is 1. The highest BCUT2D eigenvalue weighted by Gasteiger charge is 2.27. The van der Waals surface area contributed by atoms with Gasteiger partial charge in [-0.1, -0.05) is 29.8 Å². The third kappa shape index (κ3) is 3.56. The number of hydrogen-bond acceptors (Lipinski definition) is 1. The second-order valence-corrected chi connectivity index (χ2v) is 6.59. The number of aryl methyl sites for hydroxylation is 1. The summed E-state index contributed by atoms with van der Waals surface area (Å²) in [7, 11) is 0. The van der Waals surface area contributed by atoms with E-state index in [1.165, 1.54) is 24.0 Å². The van der Waals surface area contributed by atoms with E-state index in [0.717, 1.165) is 16.6 Å². The fourth-order valence-electron chi connectivity index (χ4n) is 2.56. The first-order valence-corrected chi connectivity index (χ1v) is 8.14. The third-order valence-electron chi connectivity index (χ3n) is 3.77. The Morgan fingerprint density at radius 1 is 1.38 bits per heavy atom. The summed E-state index contributed by atoms with van der Waals surface area (Å²) in [5.41, 5.74) is 3.27. The van der Waals surface area contributed by atoms with Crippen molar-refractivity contribution in [3.63, 3.8) is 0 Å². The summed E-state index contributed by atoms with van der Waals surface area (Å²) in [5, 5.41) is 3.02. The largest absolute Gasteiger partial charge is 0.350 e. The predicted octanol–water partition coefficient (Wildman–Crippen LogP) is 3.87. The number of aromatic nitrogens is 1. The zero-order valence-corrected chi connectivity index (χ0v) is 13.7. The van der Waals surface area contributed by atoms with Gasteiger partial charge in [-0.2, -0.15) is 0 Å². The van der Waals surface area contributed by atoms with Gasteiger partial charge in [0.2, 0.25) is 0 Å². The van der Waals surface area contributed by atoms with Crippen molar-refractivity contribution in [3.8, 4) is 0 Å². The van der Waals surface area contributed by atoms with Gasteiger partial charge in [0.05, 0.1) is 0 Å². The lowest BCUT2D eigenvalue weighted by Gasteiger charge is -2.09. The van der Waals surface area contributed by atoms with Gasteiger partial charge in [0.25, 0.3) is 5.91 Å². The molecule has 1 heterocycles. The van der Waals surface area contributed by atoms with Crippen LogP contribution in [0.2, 0.25) is 0 Å². The molecule has 1 amide bonds. The van der Waals surface area contributed by atoms with E-state index in [-0.39, 0.29) is 5.91 Å². The Hall–Kier alpha value is -1.55. The van der Waals surface area contributed by atoms with Gasteiger partial charge < -0.3 is 9.88 Å². The van der Waals surface area contributed by atoms with Crippen molar-refractivity contribution in [1.29, 1.82) is 0 Å². The molecule has 1 fully saturated rings. The molecule has 1 aliphatic carbocycles. The smallest absolute Gasteiger partial charge is 0.267 e. The number of carbonyl (C=O) groups is 1. The molecule has 4 heteroatoms. The lowest BCUT2D eigenvalue weighted by atomic mass is 10.1. The molecule has 0 atom stereocenters. The quantitative estimate of drug-likeness (QED) is 0.875. The molecule has 1 aliphatic rings. The van der Waals surface area contributed by atoms with Crippen LogP contribution >= 0.6 is 15.9 Å². The Morgan fingerprint density at radius 3 is 2.90 bits per heavy atom. The Kier molecular flexibility index (Phi) is 4.15. The molecular formula is C17H19BrN2O. The summed E-state index contributed by atoms with van der Waals surface area (Å²) in [6, 6.07) is 10.8. The second-order valence-electron chi connectivity index (χ2n) is 5.68. The molecule has 0 saturated heterocycles. The minimum absolute atomic E-state index is 0.0141. The van der Waals surface area contributed by atoms with Gasteiger partial charge in [0.15, 0.2) is 0 Å². The van der Waals surface area contributed by atoms with Crippen LogP contribution in [0.25, 0.3) is 0 Å². The maximum absolute atomic E-state index is 12.3. The molecule has 1 aromatic carbocycles. The summed E-state index contributed by atoms with van der Waals surface area (Å²) in [6.45, 7) is 2.75. The molecule has 1 saturated carbocycles. The third-order valence-corrected chi connectivity index (χ3v) is 4.20. The van der Waals surface area contributed by atoms with Gasteiger partial charge in [-0.3, -0.25) is 4.79 Å². The van der Waals surface area contributed by atoms with Crippen molar-refractivity contribution >= 4 is 21.8 Å². The van der Waals surface area contributed by atoms with Crippen LogP contribution in [0, 0.1) is 6.92 Å². The summed E-state index contributed by atoms with van der Waals surface area (Å²) >= 11 is 3.46. The highest BCUT2D eigenvalue weighted by molar-refractivity contribution is 9.10. The van der Waals surface area contributed by atoms with Gasteiger partial charge in [0, 0.05) is 23.3 Å². The minimum Gasteiger partial charge on any atom is -0.350 e. The van der Waals surface area contributed by atoms with Crippen LogP contribution < -0.4 is 5.32 Å². The van der Waals surface area contributed by atoms with Gasteiger partial charge in [-0.25, -0.2) is 0 Å². The van der Waals surface area contributed by atoms with Crippen LogP contribution in [0.4, 0.5) is 0 Å². The average molecular weight is 347 g/mol. The first-order chi connectivity index (χ1) is 10.1. The number of nitrogens with one attached hydrogen (secondary N) is 1. The second kappa shape index (κ2) is 6.06. The van der Waals surface area contributed by atoms with Crippen molar-refractivity contribution in [2.45, 2.75) is 32.2 Å². The van der Waals surface area contributed by atoms with E-state index in [1.807, 2.05) is 12.3 Å². The highest BCUT2D eigenvalue weighted by Crippen LogP contribution is 2.37. The zero-order chi connectivity index (χ0) is 14.8. The molecule has 21 heavy (non-hydrogen) atoms. The lowest BCUT2D eigenvalue weighted by Crippen LogP contribution is -2.27. The Morgan fingerprint density at radius 2 is 2.19 bits per heavy atom. The molecule has 0 aliphatic heterocycles. The first kappa shape index (κ1) is 14.4. The fourth-order valence-corrected chi connectivity index (χ4v) is 3.00. The number of amides is 1. The number of halogens is 1. The number of rotatable bonds is 5. The van der Waals surface area contributed by atoms with Crippen LogP contribution in [0.3, 0.4) is 0 Å². The van der Waals surface area contributed by atoms with E-state index in [9.17, 15) is 4.79 Å². The Labute approximate surface area is 133 Å². The molecular weight excluding hydrogens is 328 g/mol. The summed E-state index contributed by atoms with van der Waals surface area (Å²) in [4.78, 5) is 12.3. The predicted molar refractivity (Wildman–Crippen MR) is 87.6 cm³/mol. The van der Waals surface area contributed by atoms with Gasteiger partial charge in [0.1, 0.15) is 5.69 Å². The maximum Gasteiger partial charge on any atom is 0.267 e.